The summed E-state index contributed by atoms with van der Waals surface area (Å²) in [5, 5.41) is 0.958. The minimum Gasteiger partial charge on any atom is -0.482 e. The van der Waals surface area contributed by atoms with Gasteiger partial charge in [-0.2, -0.15) is 0 Å². The molecular formula is C13H11Br2NO2. The molecule has 2 rings (SSSR count). The highest BCUT2D eigenvalue weighted by molar-refractivity contribution is 9.11. The molecule has 0 unspecified atom stereocenters. The number of carbonyl (C=O) groups excluding carboxylic acids is 1. The number of hydrogen-bond donors (Lipinski definition) is 0. The van der Waals surface area contributed by atoms with Crippen molar-refractivity contribution in [1.82, 2.24) is 4.98 Å². The van der Waals surface area contributed by atoms with Gasteiger partial charge in [-0.25, -0.2) is 0 Å². The molecule has 0 N–H and O–H groups in total. The molecule has 0 aliphatic carbocycles. The number of nitrogens with zero attached hydrogens (tertiary/aromatic N) is 1. The third-order valence-corrected chi connectivity index (χ3v) is 3.77. The molecule has 1 heterocycles. The van der Waals surface area contributed by atoms with Gasteiger partial charge < -0.3 is 4.74 Å². The lowest BCUT2D eigenvalue weighted by atomic mass is 10.2. The number of pyridine rings is 1. The Hall–Kier alpha value is -0.940. The number of aromatic nitrogens is 1. The molecule has 0 saturated carbocycles. The van der Waals surface area contributed by atoms with Crippen LogP contribution in [0.2, 0.25) is 0 Å². The average molecular weight is 373 g/mol. The van der Waals surface area contributed by atoms with Gasteiger partial charge in [-0.05, 0) is 28.1 Å². The number of benzene rings is 1. The first kappa shape index (κ1) is 13.5. The van der Waals surface area contributed by atoms with Gasteiger partial charge in [0.1, 0.15) is 12.1 Å². The number of halogens is 2. The highest BCUT2D eigenvalue weighted by Gasteiger charge is 2.12. The highest BCUT2D eigenvalue weighted by atomic mass is 79.9. The fraction of sp³-hybridized carbons (Fsp3) is 0.231. The van der Waals surface area contributed by atoms with E-state index in [0.29, 0.717) is 12.2 Å². The predicted molar refractivity (Wildman–Crippen MR) is 77.9 cm³/mol. The van der Waals surface area contributed by atoms with Gasteiger partial charge >= 0.3 is 0 Å². The second-order valence-corrected chi connectivity index (χ2v) is 5.46. The van der Waals surface area contributed by atoms with Gasteiger partial charge in [0, 0.05) is 22.5 Å². The van der Waals surface area contributed by atoms with Crippen LogP contribution in [0, 0.1) is 0 Å². The van der Waals surface area contributed by atoms with Crippen LogP contribution < -0.4 is 4.74 Å². The number of rotatable bonds is 4. The second kappa shape index (κ2) is 5.80. The zero-order valence-electron chi connectivity index (χ0n) is 9.74. The van der Waals surface area contributed by atoms with E-state index in [0.717, 1.165) is 19.8 Å². The van der Waals surface area contributed by atoms with E-state index in [1.807, 2.05) is 25.1 Å². The molecule has 0 saturated heterocycles. The number of ether oxygens (including phenoxy) is 1. The molecule has 3 nitrogen and oxygen atoms in total. The van der Waals surface area contributed by atoms with E-state index < -0.39 is 0 Å². The molecule has 0 atom stereocenters. The van der Waals surface area contributed by atoms with Gasteiger partial charge in [0.15, 0.2) is 11.5 Å². The fourth-order valence-electron chi connectivity index (χ4n) is 1.54. The molecular weight excluding hydrogens is 362 g/mol. The molecule has 18 heavy (non-hydrogen) atoms. The van der Waals surface area contributed by atoms with Gasteiger partial charge in [0.05, 0.1) is 4.47 Å². The third-order valence-electron chi connectivity index (χ3n) is 2.52. The Morgan fingerprint density at radius 3 is 2.89 bits per heavy atom. The van der Waals surface area contributed by atoms with Crippen LogP contribution >= 0.6 is 31.9 Å². The summed E-state index contributed by atoms with van der Waals surface area (Å²) in [6.45, 7) is 1.89. The van der Waals surface area contributed by atoms with E-state index >= 15 is 0 Å². The lowest BCUT2D eigenvalue weighted by molar-refractivity contribution is -0.120. The molecule has 5 heteroatoms. The van der Waals surface area contributed by atoms with Crippen molar-refractivity contribution in [3.63, 3.8) is 0 Å². The Morgan fingerprint density at radius 2 is 2.17 bits per heavy atom. The van der Waals surface area contributed by atoms with Crippen LogP contribution in [-0.4, -0.2) is 17.4 Å². The van der Waals surface area contributed by atoms with Crippen LogP contribution in [0.4, 0.5) is 0 Å². The average Bonchev–Trinajstić information content (AvgIpc) is 2.38. The molecule has 0 amide bonds. The van der Waals surface area contributed by atoms with E-state index in [-0.39, 0.29) is 12.4 Å². The number of ketones is 1. The summed E-state index contributed by atoms with van der Waals surface area (Å²) in [5.41, 5.74) is 0.739. The van der Waals surface area contributed by atoms with Crippen molar-refractivity contribution < 1.29 is 9.53 Å². The first-order valence-corrected chi connectivity index (χ1v) is 7.09. The van der Waals surface area contributed by atoms with E-state index in [1.54, 1.807) is 6.20 Å². The Kier molecular flexibility index (Phi) is 4.35. The van der Waals surface area contributed by atoms with E-state index in [4.69, 9.17) is 4.74 Å². The maximum absolute atomic E-state index is 11.3. The van der Waals surface area contributed by atoms with E-state index in [1.165, 1.54) is 0 Å². The van der Waals surface area contributed by atoms with Gasteiger partial charge in [-0.3, -0.25) is 9.78 Å². The smallest absolute Gasteiger partial charge is 0.169 e. The minimum atomic E-state index is 0.0638. The van der Waals surface area contributed by atoms with Crippen molar-refractivity contribution in [1.29, 1.82) is 0 Å². The first-order valence-electron chi connectivity index (χ1n) is 5.50. The van der Waals surface area contributed by atoms with Gasteiger partial charge in [-0.1, -0.05) is 28.9 Å². The number of Topliss-reactive ketones (excluding diaryl/α,β-unsaturated/α-hetero) is 1. The molecule has 94 valence electrons. The summed E-state index contributed by atoms with van der Waals surface area (Å²) in [7, 11) is 0. The molecule has 0 aliphatic heterocycles. The zero-order valence-corrected chi connectivity index (χ0v) is 12.9. The summed E-state index contributed by atoms with van der Waals surface area (Å²) in [6.07, 6.45) is 2.18. The monoisotopic (exact) mass is 371 g/mol. The Balaban J connectivity index is 2.46. The lowest BCUT2D eigenvalue weighted by Gasteiger charge is -2.11. The highest BCUT2D eigenvalue weighted by Crippen LogP contribution is 2.37. The third kappa shape index (κ3) is 2.72. The van der Waals surface area contributed by atoms with Crippen LogP contribution in [0.15, 0.2) is 33.3 Å². The normalized spacial score (nSPS) is 10.6. The summed E-state index contributed by atoms with van der Waals surface area (Å²) in [4.78, 5) is 15.6. The second-order valence-electron chi connectivity index (χ2n) is 3.75. The lowest BCUT2D eigenvalue weighted by Crippen LogP contribution is -2.10. The minimum absolute atomic E-state index is 0.0638. The molecule has 0 radical (unpaired) electrons. The van der Waals surface area contributed by atoms with Crippen molar-refractivity contribution in [2.24, 2.45) is 0 Å². The summed E-state index contributed by atoms with van der Waals surface area (Å²) in [5.74, 6) is 0.671. The SMILES string of the molecule is CCC(=O)COc1c(Br)cc(Br)c2cccnc12. The summed E-state index contributed by atoms with van der Waals surface area (Å²) < 4.78 is 7.30. The van der Waals surface area contributed by atoms with Crippen molar-refractivity contribution >= 4 is 48.5 Å². The Bertz CT molecular complexity index is 599. The van der Waals surface area contributed by atoms with Gasteiger partial charge in [0.25, 0.3) is 0 Å². The molecule has 0 bridgehead atoms. The van der Waals surface area contributed by atoms with Crippen molar-refractivity contribution in [2.45, 2.75) is 13.3 Å². The summed E-state index contributed by atoms with van der Waals surface area (Å²) in [6, 6.07) is 5.71. The van der Waals surface area contributed by atoms with Crippen LogP contribution in [0.3, 0.4) is 0 Å². The molecule has 1 aromatic heterocycles. The predicted octanol–water partition coefficient (Wildman–Crippen LogP) is 4.12. The van der Waals surface area contributed by atoms with Crippen molar-refractivity contribution in [2.75, 3.05) is 6.61 Å². The van der Waals surface area contributed by atoms with Crippen molar-refractivity contribution in [3.05, 3.63) is 33.3 Å². The summed E-state index contributed by atoms with van der Waals surface area (Å²) >= 11 is 6.92. The molecule has 2 aromatic rings. The van der Waals surface area contributed by atoms with Crippen LogP contribution in [0.5, 0.6) is 5.75 Å². The van der Waals surface area contributed by atoms with Crippen LogP contribution in [-0.2, 0) is 4.79 Å². The topological polar surface area (TPSA) is 39.2 Å². The zero-order chi connectivity index (χ0) is 13.1. The molecule has 1 aromatic carbocycles. The molecule has 0 fully saturated rings. The number of fused-ring (bicyclic) bond motifs is 1. The van der Waals surface area contributed by atoms with Gasteiger partial charge in [0.2, 0.25) is 0 Å². The van der Waals surface area contributed by atoms with Crippen LogP contribution in [0.25, 0.3) is 10.9 Å². The van der Waals surface area contributed by atoms with Crippen LogP contribution in [0.1, 0.15) is 13.3 Å². The Morgan fingerprint density at radius 1 is 1.39 bits per heavy atom. The maximum Gasteiger partial charge on any atom is 0.169 e. The van der Waals surface area contributed by atoms with E-state index in [9.17, 15) is 4.79 Å². The standard InChI is InChI=1S/C13H11Br2NO2/c1-2-8(17)7-18-13-11(15)6-10(14)9-4-3-5-16-12(9)13/h3-6H,2,7H2,1H3. The Labute approximate surface area is 122 Å². The molecule has 0 spiro atoms. The van der Waals surface area contributed by atoms with Gasteiger partial charge in [-0.15, -0.1) is 0 Å². The first-order chi connectivity index (χ1) is 8.63. The fourth-order valence-corrected chi connectivity index (χ4v) is 2.93. The number of carbonyl (C=O) groups is 1. The van der Waals surface area contributed by atoms with E-state index in [2.05, 4.69) is 36.8 Å². The maximum atomic E-state index is 11.3. The largest absolute Gasteiger partial charge is 0.482 e. The quantitative estimate of drug-likeness (QED) is 0.810. The van der Waals surface area contributed by atoms with Crippen molar-refractivity contribution in [3.8, 4) is 5.75 Å². The number of hydrogen-bond acceptors (Lipinski definition) is 3. The molecule has 0 aliphatic rings.